The summed E-state index contributed by atoms with van der Waals surface area (Å²) in [6.07, 6.45) is 6.66. The van der Waals surface area contributed by atoms with Gasteiger partial charge in [-0.3, -0.25) is 9.59 Å². The van der Waals surface area contributed by atoms with Crippen molar-refractivity contribution in [3.63, 3.8) is 0 Å². The van der Waals surface area contributed by atoms with Crippen LogP contribution in [0, 0.1) is 0 Å². The third kappa shape index (κ3) is 3.70. The minimum absolute atomic E-state index is 0.0382. The number of anilines is 1. The van der Waals surface area contributed by atoms with Gasteiger partial charge in [-0.25, -0.2) is 4.68 Å². The molecule has 148 valence electrons. The lowest BCUT2D eigenvalue weighted by atomic mass is 9.96. The van der Waals surface area contributed by atoms with Crippen molar-refractivity contribution in [3.05, 3.63) is 29.3 Å². The first-order chi connectivity index (χ1) is 13.5. The largest absolute Gasteiger partial charge is 0.312 e. The molecule has 1 aromatic carbocycles. The molecule has 0 radical (unpaired) electrons. The van der Waals surface area contributed by atoms with Crippen molar-refractivity contribution in [2.24, 2.45) is 0 Å². The number of hydrogen-bond acceptors (Lipinski definition) is 6. The number of carbonyl (C=O) groups excluding carboxylic acids is 2. The Balaban J connectivity index is 1.48. The average molecular weight is 400 g/mol. The number of rotatable bonds is 5. The Hall–Kier alpha value is -2.22. The summed E-state index contributed by atoms with van der Waals surface area (Å²) >= 11 is 1.42. The summed E-state index contributed by atoms with van der Waals surface area (Å²) in [5.74, 6) is 0.101. The fourth-order valence-electron chi connectivity index (χ4n) is 4.15. The average Bonchev–Trinajstić information content (AvgIpc) is 3.34. The fourth-order valence-corrected chi connectivity index (χ4v) is 5.08. The zero-order valence-corrected chi connectivity index (χ0v) is 17.1. The van der Waals surface area contributed by atoms with E-state index in [1.165, 1.54) is 31.0 Å². The van der Waals surface area contributed by atoms with Crippen molar-refractivity contribution in [3.8, 4) is 0 Å². The number of carbonyl (C=O) groups is 2. The lowest BCUT2D eigenvalue weighted by molar-refractivity contribution is -0.116. The number of tetrazole rings is 1. The number of aromatic nitrogens is 4. The Bertz CT molecular complexity index is 890. The van der Waals surface area contributed by atoms with Crippen molar-refractivity contribution in [2.45, 2.75) is 68.8 Å². The third-order valence-electron chi connectivity index (χ3n) is 5.67. The van der Waals surface area contributed by atoms with Gasteiger partial charge in [0.15, 0.2) is 5.78 Å². The van der Waals surface area contributed by atoms with E-state index < -0.39 is 0 Å². The molecule has 1 amide bonds. The van der Waals surface area contributed by atoms with Crippen LogP contribution in [0.3, 0.4) is 0 Å². The summed E-state index contributed by atoms with van der Waals surface area (Å²) < 4.78 is 1.90. The Kier molecular flexibility index (Phi) is 5.48. The highest BCUT2D eigenvalue weighted by Crippen LogP contribution is 2.33. The van der Waals surface area contributed by atoms with Crippen LogP contribution in [0.5, 0.6) is 0 Å². The van der Waals surface area contributed by atoms with Gasteiger partial charge in [0.25, 0.3) is 0 Å². The molecule has 28 heavy (non-hydrogen) atoms. The summed E-state index contributed by atoms with van der Waals surface area (Å²) in [7, 11) is 0. The van der Waals surface area contributed by atoms with Crippen LogP contribution < -0.4 is 4.90 Å². The van der Waals surface area contributed by atoms with Gasteiger partial charge in [0.1, 0.15) is 0 Å². The first kappa shape index (κ1) is 19.1. The molecule has 2 aliphatic rings. The highest BCUT2D eigenvalue weighted by atomic mass is 32.2. The highest BCUT2D eigenvalue weighted by molar-refractivity contribution is 8.00. The number of Topliss-reactive ketones (excluding diaryl/α,β-unsaturated/α-hetero) is 1. The van der Waals surface area contributed by atoms with E-state index in [0.29, 0.717) is 18.2 Å². The molecule has 0 N–H and O–H groups in total. The van der Waals surface area contributed by atoms with Crippen molar-refractivity contribution in [2.75, 3.05) is 11.4 Å². The first-order valence-electron chi connectivity index (χ1n) is 9.94. The monoisotopic (exact) mass is 399 g/mol. The first-order valence-corrected chi connectivity index (χ1v) is 10.8. The van der Waals surface area contributed by atoms with E-state index in [4.69, 9.17) is 0 Å². The SMILES string of the molecule is CC(=O)N1CCc2cc(C(=O)[C@H](C)Sc3nnnn3C3CCCCC3)ccc21. The van der Waals surface area contributed by atoms with Gasteiger partial charge < -0.3 is 4.90 Å². The molecule has 2 heterocycles. The van der Waals surface area contributed by atoms with Crippen LogP contribution in [-0.2, 0) is 11.2 Å². The molecule has 1 aliphatic heterocycles. The molecule has 0 unspecified atom stereocenters. The molecule has 2 aromatic rings. The smallest absolute Gasteiger partial charge is 0.223 e. The summed E-state index contributed by atoms with van der Waals surface area (Å²) in [6, 6.07) is 5.98. The molecule has 4 rings (SSSR count). The van der Waals surface area contributed by atoms with Crippen LogP contribution in [0.1, 0.15) is 67.9 Å². The number of benzene rings is 1. The van der Waals surface area contributed by atoms with E-state index in [1.807, 2.05) is 29.8 Å². The molecule has 8 heteroatoms. The van der Waals surface area contributed by atoms with Crippen LogP contribution in [-0.4, -0.2) is 43.7 Å². The number of ketones is 1. The van der Waals surface area contributed by atoms with Gasteiger partial charge in [-0.1, -0.05) is 31.0 Å². The fraction of sp³-hybridized carbons (Fsp3) is 0.550. The van der Waals surface area contributed by atoms with Crippen molar-refractivity contribution in [1.82, 2.24) is 20.2 Å². The number of nitrogens with zero attached hydrogens (tertiary/aromatic N) is 5. The molecule has 1 fully saturated rings. The maximum atomic E-state index is 13.0. The quantitative estimate of drug-likeness (QED) is 0.566. The molecule has 0 bridgehead atoms. The summed E-state index contributed by atoms with van der Waals surface area (Å²) in [4.78, 5) is 26.5. The van der Waals surface area contributed by atoms with E-state index in [9.17, 15) is 9.59 Å². The maximum absolute atomic E-state index is 13.0. The van der Waals surface area contributed by atoms with Crippen molar-refractivity contribution < 1.29 is 9.59 Å². The van der Waals surface area contributed by atoms with E-state index >= 15 is 0 Å². The minimum Gasteiger partial charge on any atom is -0.312 e. The predicted molar refractivity (Wildman–Crippen MR) is 108 cm³/mol. The van der Waals surface area contributed by atoms with Gasteiger partial charge in [0, 0.05) is 24.7 Å². The van der Waals surface area contributed by atoms with E-state index in [-0.39, 0.29) is 16.9 Å². The molecule has 0 spiro atoms. The standard InChI is InChI=1S/C20H25N5O2S/c1-13(28-20-21-22-23-25(20)17-6-4-3-5-7-17)19(27)16-8-9-18-15(12-16)10-11-24(18)14(2)26/h8-9,12-13,17H,3-7,10-11H2,1-2H3/t13-/m0/s1. The molecular formula is C20H25N5O2S. The molecule has 1 aromatic heterocycles. The number of amides is 1. The van der Waals surface area contributed by atoms with E-state index in [2.05, 4.69) is 15.5 Å². The molecule has 1 saturated carbocycles. The van der Waals surface area contributed by atoms with E-state index in [0.717, 1.165) is 35.7 Å². The second-order valence-corrected chi connectivity index (χ2v) is 8.89. The molecule has 7 nitrogen and oxygen atoms in total. The zero-order valence-electron chi connectivity index (χ0n) is 16.3. The minimum atomic E-state index is -0.281. The maximum Gasteiger partial charge on any atom is 0.223 e. The molecular weight excluding hydrogens is 374 g/mol. The van der Waals surface area contributed by atoms with Gasteiger partial charge in [-0.05, 0) is 60.4 Å². The van der Waals surface area contributed by atoms with Gasteiger partial charge in [0.05, 0.1) is 11.3 Å². The highest BCUT2D eigenvalue weighted by Gasteiger charge is 2.27. The lowest BCUT2D eigenvalue weighted by Gasteiger charge is -2.22. The molecule has 1 atom stereocenters. The topological polar surface area (TPSA) is 81.0 Å². The Labute approximate surface area is 168 Å². The van der Waals surface area contributed by atoms with E-state index in [1.54, 1.807) is 11.8 Å². The zero-order chi connectivity index (χ0) is 19.7. The predicted octanol–water partition coefficient (Wildman–Crippen LogP) is 3.45. The van der Waals surface area contributed by atoms with Crippen LogP contribution in [0.15, 0.2) is 23.4 Å². The van der Waals surface area contributed by atoms with Crippen LogP contribution in [0.2, 0.25) is 0 Å². The summed E-state index contributed by atoms with van der Waals surface area (Å²) in [5, 5.41) is 12.6. The second-order valence-electron chi connectivity index (χ2n) is 7.59. The Morgan fingerprint density at radius 2 is 2.00 bits per heavy atom. The Morgan fingerprint density at radius 3 is 2.75 bits per heavy atom. The summed E-state index contributed by atoms with van der Waals surface area (Å²) in [6.45, 7) is 4.16. The van der Waals surface area contributed by atoms with Crippen LogP contribution in [0.25, 0.3) is 0 Å². The van der Waals surface area contributed by atoms with Gasteiger partial charge >= 0.3 is 0 Å². The van der Waals surface area contributed by atoms with Crippen molar-refractivity contribution >= 4 is 29.1 Å². The Morgan fingerprint density at radius 1 is 1.21 bits per heavy atom. The van der Waals surface area contributed by atoms with Gasteiger partial charge in [-0.2, -0.15) is 0 Å². The number of hydrogen-bond donors (Lipinski definition) is 0. The lowest BCUT2D eigenvalue weighted by Crippen LogP contribution is -2.25. The number of thioether (sulfide) groups is 1. The molecule has 1 aliphatic carbocycles. The summed E-state index contributed by atoms with van der Waals surface area (Å²) in [5.41, 5.74) is 2.66. The second kappa shape index (κ2) is 8.03. The van der Waals surface area contributed by atoms with Crippen molar-refractivity contribution in [1.29, 1.82) is 0 Å². The van der Waals surface area contributed by atoms with Gasteiger partial charge in [0.2, 0.25) is 11.1 Å². The normalized spacial score (nSPS) is 18.1. The van der Waals surface area contributed by atoms with Gasteiger partial charge in [-0.15, -0.1) is 5.10 Å². The van der Waals surface area contributed by atoms with Crippen LogP contribution in [0.4, 0.5) is 5.69 Å². The van der Waals surface area contributed by atoms with Crippen LogP contribution >= 0.6 is 11.8 Å². The number of fused-ring (bicyclic) bond motifs is 1. The third-order valence-corrected chi connectivity index (χ3v) is 6.72. The molecule has 0 saturated heterocycles.